The van der Waals surface area contributed by atoms with Gasteiger partial charge in [0, 0.05) is 67.3 Å². The van der Waals surface area contributed by atoms with E-state index in [2.05, 4.69) is 14.9 Å². The topological polar surface area (TPSA) is 69.6 Å². The van der Waals surface area contributed by atoms with Gasteiger partial charge in [0.15, 0.2) is 5.01 Å². The Morgan fingerprint density at radius 1 is 1.06 bits per heavy atom. The van der Waals surface area contributed by atoms with Crippen LogP contribution in [0.25, 0.3) is 10.9 Å². The molecule has 4 heterocycles. The van der Waals surface area contributed by atoms with Crippen LogP contribution in [-0.4, -0.2) is 81.8 Å². The lowest BCUT2D eigenvalue weighted by molar-refractivity contribution is 0.00848. The lowest BCUT2D eigenvalue weighted by atomic mass is 10.0. The number of hydrogen-bond acceptors (Lipinski definition) is 6. The highest BCUT2D eigenvalue weighted by Gasteiger charge is 2.37. The van der Waals surface area contributed by atoms with Crippen molar-refractivity contribution in [1.82, 2.24) is 24.7 Å². The van der Waals surface area contributed by atoms with Gasteiger partial charge in [-0.3, -0.25) is 19.5 Å². The first-order valence-corrected chi connectivity index (χ1v) is 11.5. The summed E-state index contributed by atoms with van der Waals surface area (Å²) >= 11 is 7.43. The summed E-state index contributed by atoms with van der Waals surface area (Å²) in [5.74, 6) is 0.0383. The number of aryl methyl sites for hydroxylation is 1. The summed E-state index contributed by atoms with van der Waals surface area (Å²) < 4.78 is 0. The number of benzene rings is 1. The summed E-state index contributed by atoms with van der Waals surface area (Å²) in [5, 5.41) is 3.93. The average Bonchev–Trinajstić information content (AvgIpc) is 3.27. The number of halogens is 1. The number of fused-ring (bicyclic) bond motifs is 1. The van der Waals surface area contributed by atoms with Crippen molar-refractivity contribution in [2.45, 2.75) is 13.0 Å². The second kappa shape index (κ2) is 8.18. The van der Waals surface area contributed by atoms with Crippen molar-refractivity contribution in [2.24, 2.45) is 0 Å². The first kappa shape index (κ1) is 20.4. The van der Waals surface area contributed by atoms with Crippen molar-refractivity contribution in [3.63, 3.8) is 0 Å². The Bertz CT molecular complexity index is 1140. The van der Waals surface area contributed by atoms with E-state index in [0.717, 1.165) is 29.7 Å². The van der Waals surface area contributed by atoms with Gasteiger partial charge in [-0.2, -0.15) is 0 Å². The highest BCUT2D eigenvalue weighted by Crippen LogP contribution is 2.25. The molecule has 0 saturated carbocycles. The monoisotopic (exact) mass is 455 g/mol. The SMILES string of the molecule is Cc1nc2cc(Cl)ccc2cc1C(=O)N1CC(N2CCN(C(=O)c3nccs3)CC2)C1. The predicted molar refractivity (Wildman–Crippen MR) is 121 cm³/mol. The molecule has 2 aromatic heterocycles. The van der Waals surface area contributed by atoms with Gasteiger partial charge >= 0.3 is 0 Å². The maximum atomic E-state index is 13.0. The number of hydrogen-bond donors (Lipinski definition) is 0. The van der Waals surface area contributed by atoms with Crippen LogP contribution in [-0.2, 0) is 0 Å². The summed E-state index contributed by atoms with van der Waals surface area (Å²) in [6, 6.07) is 7.78. The van der Waals surface area contributed by atoms with E-state index < -0.39 is 0 Å². The Balaban J connectivity index is 1.18. The van der Waals surface area contributed by atoms with E-state index in [-0.39, 0.29) is 11.8 Å². The highest BCUT2D eigenvalue weighted by molar-refractivity contribution is 7.11. The third kappa shape index (κ3) is 3.91. The van der Waals surface area contributed by atoms with Crippen molar-refractivity contribution < 1.29 is 9.59 Å². The third-order valence-electron chi connectivity index (χ3n) is 6.08. The number of nitrogens with zero attached hydrogens (tertiary/aromatic N) is 5. The van der Waals surface area contributed by atoms with Crippen LogP contribution in [0, 0.1) is 6.92 Å². The summed E-state index contributed by atoms with van der Waals surface area (Å²) in [6.45, 7) is 6.30. The van der Waals surface area contributed by atoms with E-state index in [1.165, 1.54) is 11.3 Å². The molecule has 0 spiro atoms. The fraction of sp³-hybridized carbons (Fsp3) is 0.364. The molecule has 2 aliphatic heterocycles. The molecule has 2 aliphatic rings. The summed E-state index contributed by atoms with van der Waals surface area (Å²) in [4.78, 5) is 40.3. The van der Waals surface area contributed by atoms with Crippen LogP contribution in [0.15, 0.2) is 35.8 Å². The van der Waals surface area contributed by atoms with E-state index in [0.29, 0.717) is 47.8 Å². The molecule has 1 aromatic carbocycles. The smallest absolute Gasteiger partial charge is 0.282 e. The van der Waals surface area contributed by atoms with Crippen LogP contribution in [0.2, 0.25) is 5.02 Å². The lowest BCUT2D eigenvalue weighted by Gasteiger charge is -2.48. The van der Waals surface area contributed by atoms with Gasteiger partial charge in [0.2, 0.25) is 0 Å². The normalized spacial score (nSPS) is 17.7. The minimum absolute atomic E-state index is 0.0145. The largest absolute Gasteiger partial charge is 0.335 e. The van der Waals surface area contributed by atoms with Crippen molar-refractivity contribution in [3.8, 4) is 0 Å². The quantitative estimate of drug-likeness (QED) is 0.607. The minimum Gasteiger partial charge on any atom is -0.335 e. The van der Waals surface area contributed by atoms with E-state index in [1.54, 1.807) is 6.20 Å². The Morgan fingerprint density at radius 3 is 2.55 bits per heavy atom. The van der Waals surface area contributed by atoms with Gasteiger partial charge in [-0.15, -0.1) is 11.3 Å². The van der Waals surface area contributed by atoms with Crippen LogP contribution in [0.3, 0.4) is 0 Å². The van der Waals surface area contributed by atoms with Crippen molar-refractivity contribution in [1.29, 1.82) is 0 Å². The van der Waals surface area contributed by atoms with Gasteiger partial charge in [-0.25, -0.2) is 4.98 Å². The van der Waals surface area contributed by atoms with Gasteiger partial charge in [-0.1, -0.05) is 17.7 Å². The lowest BCUT2D eigenvalue weighted by Crippen LogP contribution is -2.64. The van der Waals surface area contributed by atoms with Crippen LogP contribution < -0.4 is 0 Å². The van der Waals surface area contributed by atoms with Crippen molar-refractivity contribution >= 4 is 45.7 Å². The van der Waals surface area contributed by atoms with Crippen LogP contribution in [0.5, 0.6) is 0 Å². The summed E-state index contributed by atoms with van der Waals surface area (Å²) in [7, 11) is 0. The zero-order valence-corrected chi connectivity index (χ0v) is 18.7. The first-order chi connectivity index (χ1) is 15.0. The molecular weight excluding hydrogens is 434 g/mol. The van der Waals surface area contributed by atoms with E-state index in [9.17, 15) is 9.59 Å². The number of amides is 2. The van der Waals surface area contributed by atoms with Crippen LogP contribution in [0.4, 0.5) is 0 Å². The van der Waals surface area contributed by atoms with Gasteiger partial charge < -0.3 is 9.80 Å². The minimum atomic E-state index is 0.0145. The number of likely N-dealkylation sites (tertiary alicyclic amines) is 1. The molecule has 160 valence electrons. The summed E-state index contributed by atoms with van der Waals surface area (Å²) in [6.07, 6.45) is 1.66. The number of rotatable bonds is 3. The Morgan fingerprint density at radius 2 is 1.84 bits per heavy atom. The number of carbonyl (C=O) groups excluding carboxylic acids is 2. The summed E-state index contributed by atoms with van der Waals surface area (Å²) in [5.41, 5.74) is 2.16. The molecule has 0 unspecified atom stereocenters. The fourth-order valence-electron chi connectivity index (χ4n) is 4.23. The van der Waals surface area contributed by atoms with Crippen LogP contribution in [0.1, 0.15) is 25.9 Å². The Kier molecular flexibility index (Phi) is 5.37. The number of piperazine rings is 1. The molecule has 9 heteroatoms. The molecule has 2 amide bonds. The second-order valence-corrected chi connectivity index (χ2v) is 9.32. The van der Waals surface area contributed by atoms with Gasteiger partial charge in [0.1, 0.15) is 0 Å². The van der Waals surface area contributed by atoms with Gasteiger partial charge in [0.05, 0.1) is 16.8 Å². The molecule has 0 bridgehead atoms. The molecule has 3 aromatic rings. The highest BCUT2D eigenvalue weighted by atomic mass is 35.5. The molecule has 0 aliphatic carbocycles. The predicted octanol–water partition coefficient (Wildman–Crippen LogP) is 2.94. The van der Waals surface area contributed by atoms with Gasteiger partial charge in [-0.05, 0) is 25.1 Å². The number of aromatic nitrogens is 2. The fourth-order valence-corrected chi connectivity index (χ4v) is 5.00. The van der Waals surface area contributed by atoms with Crippen molar-refractivity contribution in [3.05, 3.63) is 57.1 Å². The molecule has 2 fully saturated rings. The molecule has 2 saturated heterocycles. The molecule has 7 nitrogen and oxygen atoms in total. The third-order valence-corrected chi connectivity index (χ3v) is 7.08. The number of carbonyl (C=O) groups is 2. The average molecular weight is 456 g/mol. The Labute approximate surface area is 189 Å². The number of thiazole rings is 1. The van der Waals surface area contributed by atoms with Crippen LogP contribution >= 0.6 is 22.9 Å². The molecule has 0 N–H and O–H groups in total. The molecular formula is C22H22ClN5O2S. The zero-order chi connectivity index (χ0) is 21.5. The molecule has 0 atom stereocenters. The van der Waals surface area contributed by atoms with E-state index >= 15 is 0 Å². The second-order valence-electron chi connectivity index (χ2n) is 7.99. The van der Waals surface area contributed by atoms with Crippen molar-refractivity contribution in [2.75, 3.05) is 39.3 Å². The molecule has 0 radical (unpaired) electrons. The molecule has 31 heavy (non-hydrogen) atoms. The maximum Gasteiger partial charge on any atom is 0.282 e. The zero-order valence-electron chi connectivity index (χ0n) is 17.1. The van der Waals surface area contributed by atoms with Gasteiger partial charge in [0.25, 0.3) is 11.8 Å². The first-order valence-electron chi connectivity index (χ1n) is 10.3. The van der Waals surface area contributed by atoms with E-state index in [1.807, 2.05) is 46.4 Å². The molecule has 5 rings (SSSR count). The Hall–Kier alpha value is -2.55. The number of pyridine rings is 1. The standard InChI is InChI=1S/C22H22ClN5O2S/c1-14-18(10-15-2-3-16(23)11-19(15)25-14)21(29)28-12-17(13-28)26-5-7-27(8-6-26)22(30)20-24-4-9-31-20/h2-4,9-11,17H,5-8,12-13H2,1H3. The maximum absolute atomic E-state index is 13.0. The van der Waals surface area contributed by atoms with E-state index in [4.69, 9.17) is 11.6 Å².